The van der Waals surface area contributed by atoms with Crippen LogP contribution in [0.1, 0.15) is 24.8 Å². The van der Waals surface area contributed by atoms with Crippen molar-refractivity contribution in [1.82, 2.24) is 0 Å². The first-order valence-corrected chi connectivity index (χ1v) is 5.67. The molecular weight excluding hydrogens is 218 g/mol. The van der Waals surface area contributed by atoms with E-state index < -0.39 is 0 Å². The van der Waals surface area contributed by atoms with Gasteiger partial charge in [-0.3, -0.25) is 0 Å². The van der Waals surface area contributed by atoms with Crippen molar-refractivity contribution in [1.29, 1.82) is 0 Å². The summed E-state index contributed by atoms with van der Waals surface area (Å²) in [4.78, 5) is 0. The van der Waals surface area contributed by atoms with Gasteiger partial charge in [0.1, 0.15) is 0 Å². The monoisotopic (exact) mass is 239 g/mol. The van der Waals surface area contributed by atoms with E-state index in [1.807, 2.05) is 12.1 Å². The highest BCUT2D eigenvalue weighted by Gasteiger charge is 2.15. The highest BCUT2D eigenvalue weighted by molar-refractivity contribution is 5.54. The number of hydrogen-bond acceptors (Lipinski definition) is 4. The van der Waals surface area contributed by atoms with Crippen LogP contribution in [0, 0.1) is 0 Å². The van der Waals surface area contributed by atoms with Gasteiger partial charge in [0.05, 0.1) is 21.3 Å². The maximum Gasteiger partial charge on any atom is 0.203 e. The van der Waals surface area contributed by atoms with Crippen LogP contribution in [0.4, 0.5) is 0 Å². The SMILES string of the molecule is COc1cc(C(C)CCN)cc(OC)c1OC. The quantitative estimate of drug-likeness (QED) is 0.826. The minimum atomic E-state index is 0.369. The maximum absolute atomic E-state index is 5.58. The molecule has 0 heterocycles. The third kappa shape index (κ3) is 3.03. The fourth-order valence-corrected chi connectivity index (χ4v) is 1.80. The minimum absolute atomic E-state index is 0.369. The molecule has 1 unspecified atom stereocenters. The Hall–Kier alpha value is -1.42. The van der Waals surface area contributed by atoms with E-state index in [2.05, 4.69) is 6.92 Å². The van der Waals surface area contributed by atoms with Gasteiger partial charge in [-0.1, -0.05) is 6.92 Å². The highest BCUT2D eigenvalue weighted by atomic mass is 16.5. The van der Waals surface area contributed by atoms with E-state index in [1.54, 1.807) is 21.3 Å². The predicted octanol–water partition coefficient (Wildman–Crippen LogP) is 2.16. The molecular formula is C13H21NO3. The third-order valence-electron chi connectivity index (χ3n) is 2.86. The number of nitrogens with two attached hydrogens (primary N) is 1. The first-order valence-electron chi connectivity index (χ1n) is 5.67. The molecule has 2 N–H and O–H groups in total. The van der Waals surface area contributed by atoms with Gasteiger partial charge >= 0.3 is 0 Å². The van der Waals surface area contributed by atoms with Gasteiger partial charge in [0, 0.05) is 0 Å². The third-order valence-corrected chi connectivity index (χ3v) is 2.86. The van der Waals surface area contributed by atoms with Crippen molar-refractivity contribution in [2.24, 2.45) is 5.73 Å². The molecule has 0 aliphatic carbocycles. The van der Waals surface area contributed by atoms with Crippen molar-refractivity contribution in [2.75, 3.05) is 27.9 Å². The lowest BCUT2D eigenvalue weighted by atomic mass is 9.97. The van der Waals surface area contributed by atoms with Gasteiger partial charge in [0.25, 0.3) is 0 Å². The molecule has 0 amide bonds. The Bertz CT molecular complexity index is 341. The predicted molar refractivity (Wildman–Crippen MR) is 68.2 cm³/mol. The van der Waals surface area contributed by atoms with Crippen LogP contribution in [0.15, 0.2) is 12.1 Å². The van der Waals surface area contributed by atoms with Crippen molar-refractivity contribution in [3.05, 3.63) is 17.7 Å². The van der Waals surface area contributed by atoms with Gasteiger partial charge in [-0.2, -0.15) is 0 Å². The summed E-state index contributed by atoms with van der Waals surface area (Å²) in [5, 5.41) is 0. The molecule has 96 valence electrons. The number of rotatable bonds is 6. The van der Waals surface area contributed by atoms with Crippen LogP contribution in [-0.4, -0.2) is 27.9 Å². The average Bonchev–Trinajstić information content (AvgIpc) is 2.37. The Morgan fingerprint density at radius 3 is 1.94 bits per heavy atom. The van der Waals surface area contributed by atoms with Crippen molar-refractivity contribution in [3.63, 3.8) is 0 Å². The zero-order valence-electron chi connectivity index (χ0n) is 10.9. The largest absolute Gasteiger partial charge is 0.493 e. The summed E-state index contributed by atoms with van der Waals surface area (Å²) in [6, 6.07) is 3.95. The van der Waals surface area contributed by atoms with Crippen LogP contribution >= 0.6 is 0 Å². The summed E-state index contributed by atoms with van der Waals surface area (Å²) in [5.41, 5.74) is 6.72. The van der Waals surface area contributed by atoms with Crippen LogP contribution in [0.5, 0.6) is 17.2 Å². The highest BCUT2D eigenvalue weighted by Crippen LogP contribution is 2.40. The lowest BCUT2D eigenvalue weighted by molar-refractivity contribution is 0.323. The molecule has 0 saturated heterocycles. The summed E-state index contributed by atoms with van der Waals surface area (Å²) in [6.07, 6.45) is 0.929. The van der Waals surface area contributed by atoms with Gasteiger partial charge < -0.3 is 19.9 Å². The summed E-state index contributed by atoms with van der Waals surface area (Å²) >= 11 is 0. The fourth-order valence-electron chi connectivity index (χ4n) is 1.80. The van der Waals surface area contributed by atoms with Gasteiger partial charge in [-0.05, 0) is 36.6 Å². The lowest BCUT2D eigenvalue weighted by Gasteiger charge is -2.17. The molecule has 4 heteroatoms. The summed E-state index contributed by atoms with van der Waals surface area (Å²) in [6.45, 7) is 2.80. The average molecular weight is 239 g/mol. The van der Waals surface area contributed by atoms with E-state index >= 15 is 0 Å². The van der Waals surface area contributed by atoms with E-state index in [4.69, 9.17) is 19.9 Å². The molecule has 0 aliphatic heterocycles. The van der Waals surface area contributed by atoms with Crippen LogP contribution < -0.4 is 19.9 Å². The standard InChI is InChI=1S/C13H21NO3/c1-9(5-6-14)10-7-11(15-2)13(17-4)12(8-10)16-3/h7-9H,5-6,14H2,1-4H3. The smallest absolute Gasteiger partial charge is 0.203 e. The molecule has 1 aromatic rings. The van der Waals surface area contributed by atoms with Crippen molar-refractivity contribution < 1.29 is 14.2 Å². The number of ether oxygens (including phenoxy) is 3. The van der Waals surface area contributed by atoms with Crippen molar-refractivity contribution >= 4 is 0 Å². The molecule has 0 bridgehead atoms. The lowest BCUT2D eigenvalue weighted by Crippen LogP contribution is -2.05. The molecule has 17 heavy (non-hydrogen) atoms. The molecule has 0 aromatic heterocycles. The zero-order chi connectivity index (χ0) is 12.8. The Labute approximate surface area is 103 Å². The van der Waals surface area contributed by atoms with Crippen molar-refractivity contribution in [3.8, 4) is 17.2 Å². The molecule has 0 aliphatic rings. The minimum Gasteiger partial charge on any atom is -0.493 e. The Kier molecular flexibility index (Phi) is 5.10. The second kappa shape index (κ2) is 6.35. The van der Waals surface area contributed by atoms with E-state index in [0.717, 1.165) is 12.0 Å². The van der Waals surface area contributed by atoms with Crippen LogP contribution in [0.3, 0.4) is 0 Å². The Morgan fingerprint density at radius 1 is 1.06 bits per heavy atom. The summed E-state index contributed by atoms with van der Waals surface area (Å²) in [5.74, 6) is 2.36. The molecule has 0 fully saturated rings. The molecule has 1 aromatic carbocycles. The van der Waals surface area contributed by atoms with E-state index in [1.165, 1.54) is 0 Å². The first-order chi connectivity index (χ1) is 8.17. The molecule has 0 saturated carbocycles. The molecule has 1 rings (SSSR count). The van der Waals surface area contributed by atoms with E-state index in [-0.39, 0.29) is 0 Å². The van der Waals surface area contributed by atoms with Gasteiger partial charge in [-0.15, -0.1) is 0 Å². The molecule has 0 spiro atoms. The summed E-state index contributed by atoms with van der Waals surface area (Å²) in [7, 11) is 4.84. The Balaban J connectivity index is 3.17. The van der Waals surface area contributed by atoms with Gasteiger partial charge in [0.2, 0.25) is 5.75 Å². The van der Waals surface area contributed by atoms with Crippen molar-refractivity contribution in [2.45, 2.75) is 19.3 Å². The topological polar surface area (TPSA) is 53.7 Å². The number of hydrogen-bond donors (Lipinski definition) is 1. The number of methoxy groups -OCH3 is 3. The second-order valence-corrected chi connectivity index (χ2v) is 3.94. The van der Waals surface area contributed by atoms with Gasteiger partial charge in [0.15, 0.2) is 11.5 Å². The van der Waals surface area contributed by atoms with E-state index in [0.29, 0.717) is 29.7 Å². The van der Waals surface area contributed by atoms with E-state index in [9.17, 15) is 0 Å². The van der Waals surface area contributed by atoms with Crippen LogP contribution in [-0.2, 0) is 0 Å². The van der Waals surface area contributed by atoms with Crippen LogP contribution in [0.2, 0.25) is 0 Å². The fraction of sp³-hybridized carbons (Fsp3) is 0.538. The molecule has 0 radical (unpaired) electrons. The summed E-state index contributed by atoms with van der Waals surface area (Å²) < 4.78 is 15.9. The Morgan fingerprint density at radius 2 is 1.59 bits per heavy atom. The second-order valence-electron chi connectivity index (χ2n) is 3.94. The molecule has 4 nitrogen and oxygen atoms in total. The zero-order valence-corrected chi connectivity index (χ0v) is 10.9. The number of benzene rings is 1. The normalized spacial score (nSPS) is 12.1. The van der Waals surface area contributed by atoms with Gasteiger partial charge in [-0.25, -0.2) is 0 Å². The molecule has 1 atom stereocenters. The maximum atomic E-state index is 5.58. The first kappa shape index (κ1) is 13.6. The van der Waals surface area contributed by atoms with Crippen LogP contribution in [0.25, 0.3) is 0 Å².